The second-order valence-corrected chi connectivity index (χ2v) is 10.8. The van der Waals surface area contributed by atoms with Crippen molar-refractivity contribution < 1.29 is 18.7 Å². The fourth-order valence-electron chi connectivity index (χ4n) is 4.94. The first-order valence-corrected chi connectivity index (χ1v) is 13.9. The van der Waals surface area contributed by atoms with Crippen LogP contribution in [0.15, 0.2) is 36.7 Å². The first-order chi connectivity index (χ1) is 19.6. The van der Waals surface area contributed by atoms with Crippen molar-refractivity contribution in [3.05, 3.63) is 64.3 Å². The zero-order valence-corrected chi connectivity index (χ0v) is 24.4. The van der Waals surface area contributed by atoms with Crippen LogP contribution in [0.3, 0.4) is 0 Å². The summed E-state index contributed by atoms with van der Waals surface area (Å²) in [6.07, 6.45) is 3.48. The van der Waals surface area contributed by atoms with E-state index in [1.165, 1.54) is 12.1 Å². The van der Waals surface area contributed by atoms with Crippen LogP contribution in [0, 0.1) is 11.7 Å². The lowest BCUT2D eigenvalue weighted by Gasteiger charge is -2.22. The van der Waals surface area contributed by atoms with Crippen molar-refractivity contribution in [2.45, 2.75) is 52.8 Å². The molecule has 1 aromatic carbocycles. The van der Waals surface area contributed by atoms with Gasteiger partial charge in [-0.2, -0.15) is 10.2 Å². The van der Waals surface area contributed by atoms with E-state index in [4.69, 9.17) is 31.9 Å². The van der Waals surface area contributed by atoms with Crippen molar-refractivity contribution >= 4 is 23.4 Å². The molecule has 1 unspecified atom stereocenters. The van der Waals surface area contributed by atoms with Crippen molar-refractivity contribution in [1.29, 1.82) is 0 Å². The molecule has 4 aromatic rings. The standard InChI is InChI=1S/C29H33ClFN7O3/c1-6-38-26-17-10-23(28(33-12-17)34-14-40-29(39)24(32)15(2)3)41-16(4)21-11-19(31)7-8-20(21)25-18(13-37(5)35-25)9-22(26)27(30)36-38/h7-8,10-13,15-16,24H,6,9,14,32H2,1-5H3,(H,33,34)/t16-,24?/m1/s1. The number of rotatable bonds is 6. The number of aryl methyl sites for hydroxylation is 2. The van der Waals surface area contributed by atoms with Crippen molar-refractivity contribution in [1.82, 2.24) is 24.5 Å². The average molecular weight is 582 g/mol. The Bertz CT molecular complexity index is 1600. The van der Waals surface area contributed by atoms with Crippen LogP contribution in [0.2, 0.25) is 5.15 Å². The highest BCUT2D eigenvalue weighted by Crippen LogP contribution is 2.40. The number of aromatic nitrogens is 5. The number of nitrogens with zero attached hydrogens (tertiary/aromatic N) is 5. The largest absolute Gasteiger partial charge is 0.482 e. The van der Waals surface area contributed by atoms with E-state index in [-0.39, 0.29) is 12.6 Å². The lowest BCUT2D eigenvalue weighted by Crippen LogP contribution is -2.37. The number of esters is 1. The molecule has 5 rings (SSSR count). The van der Waals surface area contributed by atoms with Gasteiger partial charge in [0.05, 0.1) is 11.4 Å². The molecule has 0 saturated carbocycles. The molecule has 0 amide bonds. The number of hydrogen-bond acceptors (Lipinski definition) is 8. The van der Waals surface area contributed by atoms with E-state index in [0.717, 1.165) is 27.9 Å². The summed E-state index contributed by atoms with van der Waals surface area (Å²) in [6.45, 7) is 7.93. The number of pyridine rings is 1. The maximum atomic E-state index is 14.6. The van der Waals surface area contributed by atoms with Crippen molar-refractivity contribution in [3.63, 3.8) is 0 Å². The maximum absolute atomic E-state index is 14.6. The van der Waals surface area contributed by atoms with Crippen molar-refractivity contribution in [2.75, 3.05) is 12.0 Å². The predicted molar refractivity (Wildman–Crippen MR) is 154 cm³/mol. The number of anilines is 1. The first kappa shape index (κ1) is 28.6. The second kappa shape index (κ2) is 11.5. The quantitative estimate of drug-likeness (QED) is 0.238. The number of nitrogens with one attached hydrogen (secondary N) is 1. The molecule has 1 aliphatic rings. The Hall–Kier alpha value is -3.96. The number of carbonyl (C=O) groups is 1. The van der Waals surface area contributed by atoms with Crippen molar-refractivity contribution in [3.8, 4) is 28.3 Å². The number of benzene rings is 1. The summed E-state index contributed by atoms with van der Waals surface area (Å²) in [5, 5.41) is 12.7. The number of hydrogen-bond donors (Lipinski definition) is 2. The average Bonchev–Trinajstić information content (AvgIpc) is 3.46. The van der Waals surface area contributed by atoms with Crippen LogP contribution in [0.5, 0.6) is 5.75 Å². The summed E-state index contributed by atoms with van der Waals surface area (Å²) in [5.41, 5.74) is 11.2. The van der Waals surface area contributed by atoms with Crippen LogP contribution in [0.25, 0.3) is 22.5 Å². The van der Waals surface area contributed by atoms with E-state index in [0.29, 0.717) is 40.9 Å². The summed E-state index contributed by atoms with van der Waals surface area (Å²) in [4.78, 5) is 16.9. The van der Waals surface area contributed by atoms with Gasteiger partial charge in [0.1, 0.15) is 18.0 Å². The third-order valence-corrected chi connectivity index (χ3v) is 7.46. The number of fused-ring (bicyclic) bond motifs is 7. The molecule has 0 aliphatic carbocycles. The molecule has 10 nitrogen and oxygen atoms in total. The van der Waals surface area contributed by atoms with Crippen LogP contribution in [-0.2, 0) is 29.5 Å². The van der Waals surface area contributed by atoms with E-state index in [1.807, 2.05) is 51.7 Å². The van der Waals surface area contributed by atoms with Gasteiger partial charge in [0, 0.05) is 60.2 Å². The second-order valence-electron chi connectivity index (χ2n) is 10.4. The van der Waals surface area contributed by atoms with Gasteiger partial charge in [-0.05, 0) is 44.0 Å². The Morgan fingerprint density at radius 3 is 2.83 bits per heavy atom. The van der Waals surface area contributed by atoms with E-state index in [1.54, 1.807) is 16.9 Å². The molecule has 0 radical (unpaired) electrons. The molecule has 3 N–H and O–H groups in total. The van der Waals surface area contributed by atoms with Gasteiger partial charge in [-0.15, -0.1) is 0 Å². The third-order valence-electron chi connectivity index (χ3n) is 7.15. The Kier molecular flexibility index (Phi) is 8.01. The number of carbonyl (C=O) groups excluding carboxylic acids is 1. The lowest BCUT2D eigenvalue weighted by molar-refractivity contribution is -0.145. The van der Waals surface area contributed by atoms with Gasteiger partial charge in [0.25, 0.3) is 0 Å². The summed E-state index contributed by atoms with van der Waals surface area (Å²) >= 11 is 6.71. The topological polar surface area (TPSA) is 122 Å². The normalized spacial score (nSPS) is 15.1. The minimum absolute atomic E-state index is 0.0669. The van der Waals surface area contributed by atoms with Gasteiger partial charge in [0.2, 0.25) is 0 Å². The molecular weight excluding hydrogens is 549 g/mol. The molecule has 12 heteroatoms. The smallest absolute Gasteiger partial charge is 0.324 e. The summed E-state index contributed by atoms with van der Waals surface area (Å²) in [6, 6.07) is 5.67. The molecule has 4 heterocycles. The fourth-order valence-corrected chi connectivity index (χ4v) is 5.19. The van der Waals surface area contributed by atoms with Gasteiger partial charge in [0.15, 0.2) is 23.5 Å². The highest BCUT2D eigenvalue weighted by atomic mass is 35.5. The zero-order valence-electron chi connectivity index (χ0n) is 23.6. The van der Waals surface area contributed by atoms with Crippen LogP contribution in [0.4, 0.5) is 10.2 Å². The monoisotopic (exact) mass is 581 g/mol. The van der Waals surface area contributed by atoms with Gasteiger partial charge in [-0.1, -0.05) is 25.4 Å². The van der Waals surface area contributed by atoms with Gasteiger partial charge in [-0.25, -0.2) is 9.37 Å². The fraction of sp³-hybridized carbons (Fsp3) is 0.379. The molecule has 2 atom stereocenters. The van der Waals surface area contributed by atoms with Crippen LogP contribution in [-0.4, -0.2) is 43.3 Å². The minimum atomic E-state index is -0.742. The molecule has 3 aromatic heterocycles. The van der Waals surface area contributed by atoms with Gasteiger partial charge in [-0.3, -0.25) is 14.2 Å². The number of nitrogens with two attached hydrogens (primary N) is 1. The molecule has 216 valence electrons. The third kappa shape index (κ3) is 5.64. The molecule has 41 heavy (non-hydrogen) atoms. The summed E-state index contributed by atoms with van der Waals surface area (Å²) < 4.78 is 29.9. The van der Waals surface area contributed by atoms with Crippen LogP contribution < -0.4 is 15.8 Å². The lowest BCUT2D eigenvalue weighted by atomic mass is 9.94. The molecular formula is C29H33ClFN7O3. The van der Waals surface area contributed by atoms with Crippen LogP contribution >= 0.6 is 11.6 Å². The van der Waals surface area contributed by atoms with Crippen LogP contribution in [0.1, 0.15) is 50.5 Å². The zero-order chi connectivity index (χ0) is 29.4. The highest BCUT2D eigenvalue weighted by Gasteiger charge is 2.26. The summed E-state index contributed by atoms with van der Waals surface area (Å²) in [7, 11) is 1.85. The molecule has 2 bridgehead atoms. The Labute approximate surface area is 242 Å². The van der Waals surface area contributed by atoms with Gasteiger partial charge >= 0.3 is 5.97 Å². The Morgan fingerprint density at radius 2 is 2.10 bits per heavy atom. The summed E-state index contributed by atoms with van der Waals surface area (Å²) in [5.74, 6) is -0.263. The predicted octanol–water partition coefficient (Wildman–Crippen LogP) is 5.10. The highest BCUT2D eigenvalue weighted by molar-refractivity contribution is 6.30. The minimum Gasteiger partial charge on any atom is -0.482 e. The molecule has 0 fully saturated rings. The molecule has 0 saturated heterocycles. The SMILES string of the molecule is CCn1nc(Cl)c2c1-c1cnc(NCOC(=O)C(N)C(C)C)c(c1)O[C@H](C)c1cc(F)ccc1-c1nn(C)cc1C2. The molecule has 1 aliphatic heterocycles. The van der Waals surface area contributed by atoms with E-state index in [2.05, 4.69) is 15.4 Å². The number of ether oxygens (including phenoxy) is 2. The maximum Gasteiger partial charge on any atom is 0.324 e. The number of halogens is 2. The Morgan fingerprint density at radius 1 is 1.32 bits per heavy atom. The van der Waals surface area contributed by atoms with Gasteiger partial charge < -0.3 is 20.5 Å². The van der Waals surface area contributed by atoms with E-state index in [9.17, 15) is 9.18 Å². The van der Waals surface area contributed by atoms with E-state index < -0.39 is 23.9 Å². The molecule has 0 spiro atoms. The Balaban J connectivity index is 1.63. The first-order valence-electron chi connectivity index (χ1n) is 13.5. The van der Waals surface area contributed by atoms with Crippen molar-refractivity contribution in [2.24, 2.45) is 18.7 Å². The van der Waals surface area contributed by atoms with E-state index >= 15 is 0 Å².